The fraction of sp³-hybridized carbons (Fsp3) is 0.455. The number of carbonyl (C=O) groups excluding carboxylic acids is 1. The third-order valence-electron chi connectivity index (χ3n) is 8.91. The van der Waals surface area contributed by atoms with Gasteiger partial charge < -0.3 is 4.90 Å². The molecule has 206 valence electrons. The Morgan fingerprint density at radius 3 is 2.49 bits per heavy atom. The van der Waals surface area contributed by atoms with Gasteiger partial charge >= 0.3 is 6.18 Å². The summed E-state index contributed by atoms with van der Waals surface area (Å²) in [7, 11) is 0. The standard InChI is InChI=1S/C19H23F3N2O.C14H14/c1-12-7-14-3-2-5-18(14,9-12)17(25)24-6-4-16-13(11-24)8-15(10-23-16)19(20,21)22;1-2-12-8-10-14(11-9-12)13-6-4-3-5-7-13/h8,10,12,14H,2-7,9,11H2,1H3;3-11H,2H2,1H3. The molecule has 0 bridgehead atoms. The van der Waals surface area contributed by atoms with Crippen molar-refractivity contribution in [3.63, 3.8) is 0 Å². The number of hydrogen-bond donors (Lipinski definition) is 0. The highest BCUT2D eigenvalue weighted by molar-refractivity contribution is 5.84. The summed E-state index contributed by atoms with van der Waals surface area (Å²) in [6.07, 6.45) is 3.32. The number of pyridine rings is 1. The molecule has 0 spiro atoms. The summed E-state index contributed by atoms with van der Waals surface area (Å²) < 4.78 is 38.9. The molecule has 2 fully saturated rings. The third kappa shape index (κ3) is 5.75. The van der Waals surface area contributed by atoms with E-state index in [2.05, 4.69) is 67.4 Å². The van der Waals surface area contributed by atoms with Crippen molar-refractivity contribution in [2.75, 3.05) is 6.54 Å². The summed E-state index contributed by atoms with van der Waals surface area (Å²) in [5.41, 5.74) is 4.23. The van der Waals surface area contributed by atoms with Crippen LogP contribution in [-0.4, -0.2) is 22.3 Å². The van der Waals surface area contributed by atoms with Crippen molar-refractivity contribution in [1.82, 2.24) is 9.88 Å². The van der Waals surface area contributed by atoms with E-state index in [-0.39, 0.29) is 17.9 Å². The number of fused-ring (bicyclic) bond motifs is 2. The number of carbonyl (C=O) groups is 1. The molecule has 3 unspecified atom stereocenters. The summed E-state index contributed by atoms with van der Waals surface area (Å²) in [6, 6.07) is 20.4. The molecular weight excluding hydrogens is 497 g/mol. The number of rotatable bonds is 3. The van der Waals surface area contributed by atoms with E-state index in [0.29, 0.717) is 36.1 Å². The van der Waals surface area contributed by atoms with Crippen LogP contribution in [0.5, 0.6) is 0 Å². The molecule has 0 saturated heterocycles. The summed E-state index contributed by atoms with van der Waals surface area (Å²) in [5, 5.41) is 0. The molecule has 1 amide bonds. The Balaban J connectivity index is 0.000000186. The second-order valence-electron chi connectivity index (χ2n) is 11.5. The van der Waals surface area contributed by atoms with Crippen LogP contribution < -0.4 is 0 Å². The van der Waals surface area contributed by atoms with E-state index < -0.39 is 11.7 Å². The van der Waals surface area contributed by atoms with Crippen molar-refractivity contribution >= 4 is 5.91 Å². The minimum absolute atomic E-state index is 0.169. The summed E-state index contributed by atoms with van der Waals surface area (Å²) in [6.45, 7) is 5.21. The van der Waals surface area contributed by atoms with Crippen molar-refractivity contribution in [1.29, 1.82) is 0 Å². The zero-order valence-corrected chi connectivity index (χ0v) is 22.8. The van der Waals surface area contributed by atoms with Crippen LogP contribution in [0.25, 0.3) is 11.1 Å². The van der Waals surface area contributed by atoms with Crippen LogP contribution in [0.2, 0.25) is 0 Å². The van der Waals surface area contributed by atoms with Crippen LogP contribution in [0.4, 0.5) is 13.2 Å². The van der Waals surface area contributed by atoms with Gasteiger partial charge in [-0.05, 0) is 72.3 Å². The minimum Gasteiger partial charge on any atom is -0.337 e. The lowest BCUT2D eigenvalue weighted by atomic mass is 9.78. The van der Waals surface area contributed by atoms with Gasteiger partial charge in [0.2, 0.25) is 5.91 Å². The van der Waals surface area contributed by atoms with E-state index in [0.717, 1.165) is 44.7 Å². The van der Waals surface area contributed by atoms with E-state index in [1.165, 1.54) is 22.8 Å². The van der Waals surface area contributed by atoms with Gasteiger partial charge in [0.25, 0.3) is 0 Å². The molecule has 2 aliphatic carbocycles. The maximum absolute atomic E-state index is 13.3. The van der Waals surface area contributed by atoms with Crippen molar-refractivity contribution < 1.29 is 18.0 Å². The average Bonchev–Trinajstić information content (AvgIpc) is 3.49. The van der Waals surface area contributed by atoms with E-state index in [4.69, 9.17) is 0 Å². The Morgan fingerprint density at radius 2 is 1.79 bits per heavy atom. The van der Waals surface area contributed by atoms with Gasteiger partial charge in [-0.25, -0.2) is 0 Å². The Bertz CT molecular complexity index is 1290. The van der Waals surface area contributed by atoms with Gasteiger partial charge in [-0.15, -0.1) is 0 Å². The van der Waals surface area contributed by atoms with Gasteiger partial charge in [-0.2, -0.15) is 13.2 Å². The fourth-order valence-electron chi connectivity index (χ4n) is 6.95. The van der Waals surface area contributed by atoms with Crippen LogP contribution in [0.15, 0.2) is 66.9 Å². The molecule has 39 heavy (non-hydrogen) atoms. The summed E-state index contributed by atoms with van der Waals surface area (Å²) in [5.74, 6) is 1.18. The molecule has 0 radical (unpaired) electrons. The zero-order chi connectivity index (χ0) is 27.6. The monoisotopic (exact) mass is 534 g/mol. The maximum atomic E-state index is 13.3. The highest BCUT2D eigenvalue weighted by Gasteiger charge is 2.55. The number of hydrogen-bond acceptors (Lipinski definition) is 2. The number of aromatic nitrogens is 1. The molecular formula is C33H37F3N2O. The molecule has 6 rings (SSSR count). The lowest BCUT2D eigenvalue weighted by Gasteiger charge is -2.37. The zero-order valence-electron chi connectivity index (χ0n) is 22.8. The SMILES string of the molecule is CC1CC2CCCC2(C(=O)N2CCc3ncc(C(F)(F)F)cc3C2)C1.CCc1ccc(-c2ccccc2)cc1. The van der Waals surface area contributed by atoms with Gasteiger partial charge in [0, 0.05) is 31.4 Å². The molecule has 6 heteroatoms. The lowest BCUT2D eigenvalue weighted by molar-refractivity contribution is -0.144. The second-order valence-corrected chi connectivity index (χ2v) is 11.5. The quantitative estimate of drug-likeness (QED) is 0.340. The molecule has 2 heterocycles. The first kappa shape index (κ1) is 27.4. The van der Waals surface area contributed by atoms with E-state index in [9.17, 15) is 18.0 Å². The number of nitrogens with zero attached hydrogens (tertiary/aromatic N) is 2. The highest BCUT2D eigenvalue weighted by Crippen LogP contribution is 2.57. The lowest BCUT2D eigenvalue weighted by Crippen LogP contribution is -2.46. The Hall–Kier alpha value is -3.15. The van der Waals surface area contributed by atoms with Crippen molar-refractivity contribution in [2.24, 2.45) is 17.3 Å². The summed E-state index contributed by atoms with van der Waals surface area (Å²) >= 11 is 0. The molecule has 0 N–H and O–H groups in total. The Morgan fingerprint density at radius 1 is 1.08 bits per heavy atom. The normalized spacial score (nSPS) is 24.0. The fourth-order valence-corrected chi connectivity index (χ4v) is 6.95. The van der Waals surface area contributed by atoms with Crippen LogP contribution in [0.3, 0.4) is 0 Å². The van der Waals surface area contributed by atoms with Crippen molar-refractivity contribution in [3.05, 3.63) is 89.2 Å². The van der Waals surface area contributed by atoms with Gasteiger partial charge in [0.05, 0.1) is 11.0 Å². The largest absolute Gasteiger partial charge is 0.417 e. The Kier molecular flexibility index (Phi) is 7.84. The van der Waals surface area contributed by atoms with Gasteiger partial charge in [0.1, 0.15) is 0 Å². The average molecular weight is 535 g/mol. The van der Waals surface area contributed by atoms with Crippen molar-refractivity contribution in [3.8, 4) is 11.1 Å². The Labute approximate surface area is 229 Å². The first-order valence-corrected chi connectivity index (χ1v) is 14.2. The van der Waals surface area contributed by atoms with Gasteiger partial charge in [-0.1, -0.05) is 74.9 Å². The molecule has 1 aromatic heterocycles. The van der Waals surface area contributed by atoms with Gasteiger partial charge in [-0.3, -0.25) is 9.78 Å². The molecule has 2 aromatic carbocycles. The van der Waals surface area contributed by atoms with Crippen LogP contribution >= 0.6 is 0 Å². The smallest absolute Gasteiger partial charge is 0.337 e. The van der Waals surface area contributed by atoms with Gasteiger partial charge in [0.15, 0.2) is 0 Å². The maximum Gasteiger partial charge on any atom is 0.417 e. The van der Waals surface area contributed by atoms with E-state index >= 15 is 0 Å². The van der Waals surface area contributed by atoms with Crippen LogP contribution in [-0.2, 0) is 30.4 Å². The molecule has 3 aliphatic rings. The minimum atomic E-state index is -4.40. The first-order valence-electron chi connectivity index (χ1n) is 14.2. The molecule has 3 nitrogen and oxygen atoms in total. The topological polar surface area (TPSA) is 33.2 Å². The van der Waals surface area contributed by atoms with Crippen LogP contribution in [0, 0.1) is 17.3 Å². The first-order chi connectivity index (χ1) is 18.7. The molecule has 2 saturated carbocycles. The number of benzene rings is 2. The van der Waals surface area contributed by atoms with E-state index in [1.807, 2.05) is 6.07 Å². The molecule has 3 aromatic rings. The second kappa shape index (κ2) is 11.1. The van der Waals surface area contributed by atoms with Crippen molar-refractivity contribution in [2.45, 2.75) is 71.5 Å². The number of aryl methyl sites for hydroxylation is 1. The highest BCUT2D eigenvalue weighted by atomic mass is 19.4. The molecule has 3 atom stereocenters. The predicted molar refractivity (Wildman–Crippen MR) is 148 cm³/mol. The number of alkyl halides is 3. The van der Waals surface area contributed by atoms with E-state index in [1.54, 1.807) is 4.90 Å². The number of halogens is 3. The number of amides is 1. The van der Waals surface area contributed by atoms with Crippen LogP contribution in [0.1, 0.15) is 68.3 Å². The molecule has 1 aliphatic heterocycles. The third-order valence-corrected chi connectivity index (χ3v) is 8.91. The summed E-state index contributed by atoms with van der Waals surface area (Å²) in [4.78, 5) is 19.1. The predicted octanol–water partition coefficient (Wildman–Crippen LogP) is 8.12.